The summed E-state index contributed by atoms with van der Waals surface area (Å²) in [6.07, 6.45) is 6.37. The van der Waals surface area contributed by atoms with Crippen LogP contribution in [0.1, 0.15) is 21.5 Å². The molecule has 0 aliphatic heterocycles. The predicted octanol–water partition coefficient (Wildman–Crippen LogP) is 5.63. The smallest absolute Gasteiger partial charge is 0.311 e. The maximum absolute atomic E-state index is 12.8. The van der Waals surface area contributed by atoms with E-state index >= 15 is 0 Å². The van der Waals surface area contributed by atoms with Crippen LogP contribution in [0.2, 0.25) is 0 Å². The van der Waals surface area contributed by atoms with E-state index in [0.717, 1.165) is 5.56 Å². The molecule has 0 heterocycles. The molecule has 0 bridgehead atoms. The molecule has 0 atom stereocenters. The molecule has 0 aromatic heterocycles. The molecule has 1 N–H and O–H groups in total. The van der Waals surface area contributed by atoms with Gasteiger partial charge in [0.05, 0.1) is 53.3 Å². The number of methoxy groups -OCH3 is 6. The SMILES string of the molecule is COc1ccc(C(=O)/C=C\Nc2c(/C=C\c3cc(OC)c(OC)c(OC)c3)ccc(OC)c2OC)cc1[N+](=O)[O-]. The second-order valence-electron chi connectivity index (χ2n) is 8.04. The first-order valence-corrected chi connectivity index (χ1v) is 11.8. The third-order valence-electron chi connectivity index (χ3n) is 5.84. The molecule has 0 aliphatic carbocycles. The van der Waals surface area contributed by atoms with Crippen molar-refractivity contribution in [1.29, 1.82) is 0 Å². The van der Waals surface area contributed by atoms with Crippen molar-refractivity contribution < 1.29 is 38.1 Å². The monoisotopic (exact) mass is 550 g/mol. The first kappa shape index (κ1) is 29.4. The number of carbonyl (C=O) groups is 1. The summed E-state index contributed by atoms with van der Waals surface area (Å²) < 4.78 is 32.3. The van der Waals surface area contributed by atoms with Gasteiger partial charge in [-0.3, -0.25) is 14.9 Å². The number of benzene rings is 3. The second-order valence-corrected chi connectivity index (χ2v) is 8.04. The number of anilines is 1. The Kier molecular flexibility index (Phi) is 9.95. The van der Waals surface area contributed by atoms with Crippen molar-refractivity contribution in [3.8, 4) is 34.5 Å². The van der Waals surface area contributed by atoms with Crippen LogP contribution < -0.4 is 33.7 Å². The van der Waals surface area contributed by atoms with Gasteiger partial charge in [-0.05, 0) is 42.0 Å². The Balaban J connectivity index is 1.96. The number of nitro benzene ring substituents is 1. The van der Waals surface area contributed by atoms with Crippen LogP contribution in [0, 0.1) is 10.1 Å². The Morgan fingerprint density at radius 1 is 0.750 bits per heavy atom. The maximum Gasteiger partial charge on any atom is 0.311 e. The first-order chi connectivity index (χ1) is 19.3. The molecule has 3 rings (SSSR count). The molecule has 0 unspecified atom stereocenters. The summed E-state index contributed by atoms with van der Waals surface area (Å²) in [5, 5.41) is 14.4. The van der Waals surface area contributed by atoms with Crippen LogP contribution in [0.5, 0.6) is 34.5 Å². The lowest BCUT2D eigenvalue weighted by Gasteiger charge is -2.15. The Bertz CT molecular complexity index is 1420. The fourth-order valence-corrected chi connectivity index (χ4v) is 3.90. The summed E-state index contributed by atoms with van der Waals surface area (Å²) in [6.45, 7) is 0. The lowest BCUT2D eigenvalue weighted by atomic mass is 10.1. The van der Waals surface area contributed by atoms with E-state index in [-0.39, 0.29) is 17.0 Å². The van der Waals surface area contributed by atoms with Crippen LogP contribution in [0.25, 0.3) is 12.2 Å². The van der Waals surface area contributed by atoms with Gasteiger partial charge in [-0.1, -0.05) is 12.2 Å². The normalized spacial score (nSPS) is 10.8. The first-order valence-electron chi connectivity index (χ1n) is 11.8. The molecule has 3 aromatic rings. The van der Waals surface area contributed by atoms with Gasteiger partial charge in [-0.2, -0.15) is 0 Å². The molecule has 11 heteroatoms. The van der Waals surface area contributed by atoms with E-state index in [0.29, 0.717) is 40.0 Å². The van der Waals surface area contributed by atoms with Crippen LogP contribution in [0.15, 0.2) is 54.7 Å². The number of allylic oxidation sites excluding steroid dienone is 1. The highest BCUT2D eigenvalue weighted by molar-refractivity contribution is 6.05. The minimum absolute atomic E-state index is 0.0632. The van der Waals surface area contributed by atoms with Gasteiger partial charge in [0.1, 0.15) is 0 Å². The topological polar surface area (TPSA) is 128 Å². The highest BCUT2D eigenvalue weighted by atomic mass is 16.6. The van der Waals surface area contributed by atoms with E-state index in [4.69, 9.17) is 28.4 Å². The summed E-state index contributed by atoms with van der Waals surface area (Å²) in [7, 11) is 8.95. The number of ketones is 1. The number of ether oxygens (including phenoxy) is 6. The van der Waals surface area contributed by atoms with Crippen LogP contribution in [0.3, 0.4) is 0 Å². The lowest BCUT2D eigenvalue weighted by molar-refractivity contribution is -0.385. The van der Waals surface area contributed by atoms with E-state index in [9.17, 15) is 14.9 Å². The maximum atomic E-state index is 12.8. The Morgan fingerprint density at radius 2 is 1.35 bits per heavy atom. The van der Waals surface area contributed by atoms with Crippen molar-refractivity contribution in [2.45, 2.75) is 0 Å². The number of carbonyl (C=O) groups excluding carboxylic acids is 1. The van der Waals surface area contributed by atoms with E-state index in [1.54, 1.807) is 32.4 Å². The fourth-order valence-electron chi connectivity index (χ4n) is 3.90. The molecule has 0 radical (unpaired) electrons. The van der Waals surface area contributed by atoms with Crippen molar-refractivity contribution in [3.05, 3.63) is 81.5 Å². The summed E-state index contributed by atoms with van der Waals surface area (Å²) in [5.74, 6) is 1.99. The van der Waals surface area contributed by atoms with Gasteiger partial charge in [-0.15, -0.1) is 0 Å². The number of nitro groups is 1. The fraction of sp³-hybridized carbons (Fsp3) is 0.207. The molecule has 0 amide bonds. The largest absolute Gasteiger partial charge is 0.493 e. The lowest BCUT2D eigenvalue weighted by Crippen LogP contribution is -2.02. The van der Waals surface area contributed by atoms with Crippen molar-refractivity contribution in [2.24, 2.45) is 0 Å². The van der Waals surface area contributed by atoms with Gasteiger partial charge in [0.15, 0.2) is 34.5 Å². The van der Waals surface area contributed by atoms with Crippen LogP contribution in [0.4, 0.5) is 11.4 Å². The van der Waals surface area contributed by atoms with E-state index in [1.807, 2.05) is 18.2 Å². The Hall–Kier alpha value is -5.19. The molecule has 0 saturated heterocycles. The van der Waals surface area contributed by atoms with Gasteiger partial charge < -0.3 is 33.7 Å². The summed E-state index contributed by atoms with van der Waals surface area (Å²) in [6, 6.07) is 11.2. The average molecular weight is 551 g/mol. The van der Waals surface area contributed by atoms with E-state index < -0.39 is 10.7 Å². The molecule has 11 nitrogen and oxygen atoms in total. The molecule has 40 heavy (non-hydrogen) atoms. The van der Waals surface area contributed by atoms with E-state index in [2.05, 4.69) is 5.32 Å². The quantitative estimate of drug-likeness (QED) is 0.0941. The third-order valence-corrected chi connectivity index (χ3v) is 5.84. The molecule has 0 fully saturated rings. The Labute approximate surface area is 231 Å². The molecule has 3 aromatic carbocycles. The van der Waals surface area contributed by atoms with Crippen LogP contribution >= 0.6 is 0 Å². The van der Waals surface area contributed by atoms with Gasteiger partial charge in [-0.25, -0.2) is 0 Å². The van der Waals surface area contributed by atoms with E-state index in [1.165, 1.54) is 58.9 Å². The number of hydrogen-bond acceptors (Lipinski definition) is 10. The second kappa shape index (κ2) is 13.6. The van der Waals surface area contributed by atoms with Gasteiger partial charge in [0.25, 0.3) is 0 Å². The van der Waals surface area contributed by atoms with Crippen molar-refractivity contribution in [2.75, 3.05) is 48.0 Å². The minimum Gasteiger partial charge on any atom is -0.493 e. The molecule has 0 saturated carbocycles. The highest BCUT2D eigenvalue weighted by Gasteiger charge is 2.18. The van der Waals surface area contributed by atoms with Crippen LogP contribution in [-0.2, 0) is 0 Å². The molecular weight excluding hydrogens is 520 g/mol. The molecule has 0 spiro atoms. The van der Waals surface area contributed by atoms with Gasteiger partial charge >= 0.3 is 5.69 Å². The minimum atomic E-state index is -0.606. The number of nitrogens with zero attached hydrogens (tertiary/aromatic N) is 1. The Morgan fingerprint density at radius 3 is 1.90 bits per heavy atom. The summed E-state index contributed by atoms with van der Waals surface area (Å²) >= 11 is 0. The predicted molar refractivity (Wildman–Crippen MR) is 151 cm³/mol. The highest BCUT2D eigenvalue weighted by Crippen LogP contribution is 2.41. The molecule has 210 valence electrons. The van der Waals surface area contributed by atoms with Crippen LogP contribution in [-0.4, -0.2) is 53.4 Å². The molecule has 0 aliphatic rings. The van der Waals surface area contributed by atoms with Gasteiger partial charge in [0, 0.05) is 29.5 Å². The zero-order valence-corrected chi connectivity index (χ0v) is 23.0. The van der Waals surface area contributed by atoms with Gasteiger partial charge in [0.2, 0.25) is 5.75 Å². The number of hydrogen-bond donors (Lipinski definition) is 1. The van der Waals surface area contributed by atoms with Crippen molar-refractivity contribution in [3.63, 3.8) is 0 Å². The summed E-state index contributed by atoms with van der Waals surface area (Å²) in [4.78, 5) is 23.5. The number of rotatable bonds is 13. The number of nitrogens with one attached hydrogen (secondary N) is 1. The van der Waals surface area contributed by atoms with Crippen molar-refractivity contribution in [1.82, 2.24) is 0 Å². The summed E-state index contributed by atoms with van der Waals surface area (Å²) in [5.41, 5.74) is 1.84. The third kappa shape index (κ3) is 6.44. The standard InChI is InChI=1S/C29H30N2O9/c1-35-23-11-10-20(17-21(23)31(33)34)22(32)13-14-30-27-19(9-12-24(36-2)29(27)40-6)8-7-18-15-25(37-3)28(39-5)26(16-18)38-4/h7-17,30H,1-6H3/b8-7-,14-13-. The molecular formula is C29H30N2O9. The zero-order chi connectivity index (χ0) is 29.2. The van der Waals surface area contributed by atoms with Crippen molar-refractivity contribution >= 4 is 29.3 Å². The average Bonchev–Trinajstić information content (AvgIpc) is 2.98. The zero-order valence-electron chi connectivity index (χ0n) is 23.0.